The molecule has 12 heteroatoms. The zero-order valence-corrected chi connectivity index (χ0v) is 18.8. The Bertz CT molecular complexity index is 1470. The molecule has 4 heterocycles. The third-order valence-corrected chi connectivity index (χ3v) is 7.82. The van der Waals surface area contributed by atoms with Gasteiger partial charge in [0.2, 0.25) is 0 Å². The third-order valence-electron chi connectivity index (χ3n) is 5.48. The Morgan fingerprint density at radius 2 is 2.12 bits per heavy atom. The van der Waals surface area contributed by atoms with Gasteiger partial charge in [-0.25, -0.2) is 28.1 Å². The van der Waals surface area contributed by atoms with Crippen molar-refractivity contribution in [2.75, 3.05) is 5.32 Å². The summed E-state index contributed by atoms with van der Waals surface area (Å²) in [7, 11) is -3.81. The molecule has 5 rings (SSSR count). The van der Waals surface area contributed by atoms with Crippen LogP contribution in [0, 0.1) is 11.3 Å². The molecule has 4 aromatic rings. The summed E-state index contributed by atoms with van der Waals surface area (Å²) in [5.74, 6) is 0. The Labute approximate surface area is 193 Å². The average molecular weight is 482 g/mol. The van der Waals surface area contributed by atoms with Crippen molar-refractivity contribution >= 4 is 38.1 Å². The Morgan fingerprint density at radius 3 is 2.88 bits per heavy atom. The molecule has 1 fully saturated rings. The second-order valence-electron chi connectivity index (χ2n) is 7.71. The van der Waals surface area contributed by atoms with Crippen molar-refractivity contribution in [2.45, 2.75) is 36.6 Å². The normalized spacial score (nSPS) is 18.1. The maximum absolute atomic E-state index is 12.6. The topological polar surface area (TPSA) is 157 Å². The predicted molar refractivity (Wildman–Crippen MR) is 123 cm³/mol. The van der Waals surface area contributed by atoms with E-state index in [9.17, 15) is 13.5 Å². The number of hydrogen-bond acceptors (Lipinski definition) is 9. The molecule has 0 unspecified atom stereocenters. The second kappa shape index (κ2) is 8.53. The molecule has 4 aromatic heterocycles. The first-order valence-electron chi connectivity index (χ1n) is 10.1. The maximum Gasteiger partial charge on any atom is 0.258 e. The molecule has 1 aliphatic carbocycles. The van der Waals surface area contributed by atoms with E-state index >= 15 is 0 Å². The van der Waals surface area contributed by atoms with Crippen molar-refractivity contribution in [1.82, 2.24) is 24.7 Å². The van der Waals surface area contributed by atoms with E-state index in [1.807, 2.05) is 23.7 Å². The smallest absolute Gasteiger partial charge is 0.258 e. The highest BCUT2D eigenvalue weighted by Crippen LogP contribution is 2.37. The summed E-state index contributed by atoms with van der Waals surface area (Å²) in [5.41, 5.74) is 3.27. The zero-order chi connectivity index (χ0) is 23.0. The highest BCUT2D eigenvalue weighted by atomic mass is 32.2. The van der Waals surface area contributed by atoms with E-state index in [2.05, 4.69) is 30.0 Å². The van der Waals surface area contributed by atoms with Crippen LogP contribution in [0.1, 0.15) is 24.1 Å². The molecule has 0 spiro atoms. The van der Waals surface area contributed by atoms with Gasteiger partial charge in [-0.1, -0.05) is 0 Å². The Morgan fingerprint density at radius 1 is 1.27 bits per heavy atom. The van der Waals surface area contributed by atoms with Crippen molar-refractivity contribution in [3.05, 3.63) is 53.4 Å². The van der Waals surface area contributed by atoms with Crippen LogP contribution in [0.2, 0.25) is 0 Å². The molecule has 0 atom stereocenters. The minimum atomic E-state index is -3.81. The fraction of sp³-hybridized carbons (Fsp3) is 0.238. The minimum Gasteiger partial charge on any atom is -0.390 e. The largest absolute Gasteiger partial charge is 0.390 e. The van der Waals surface area contributed by atoms with Crippen LogP contribution < -0.4 is 10.0 Å². The number of H-pyrrole nitrogens is 1. The fourth-order valence-corrected chi connectivity index (χ4v) is 5.83. The molecule has 1 saturated carbocycles. The van der Waals surface area contributed by atoms with Gasteiger partial charge in [-0.2, -0.15) is 5.26 Å². The monoisotopic (exact) mass is 481 g/mol. The number of pyridine rings is 2. The summed E-state index contributed by atoms with van der Waals surface area (Å²) >= 11 is 1.43. The van der Waals surface area contributed by atoms with Crippen LogP contribution in [-0.4, -0.2) is 45.5 Å². The first-order valence-corrected chi connectivity index (χ1v) is 12.5. The molecule has 0 amide bonds. The van der Waals surface area contributed by atoms with Gasteiger partial charge in [0.05, 0.1) is 35.2 Å². The number of nitrogens with one attached hydrogen (secondary N) is 3. The number of aromatic nitrogens is 4. The lowest BCUT2D eigenvalue weighted by Crippen LogP contribution is -2.49. The predicted octanol–water partition coefficient (Wildman–Crippen LogP) is 2.37. The first-order chi connectivity index (χ1) is 16.0. The average Bonchev–Trinajstić information content (AvgIpc) is 3.47. The standard InChI is InChI=1S/C21H19N7O3S2/c22-8-12-1-3-23-18(5-12)33(30,31)28-14-6-13(7-14)26-19-16-2-4-24-20(16)25-9-17(19)21-27-15(10-29)11-32-21/h1-5,9,11,13-14,28-29H,6-7,10H2,(H2,24,25,26)/t13-,14+. The number of sulfonamides is 1. The van der Waals surface area contributed by atoms with E-state index < -0.39 is 10.0 Å². The van der Waals surface area contributed by atoms with Gasteiger partial charge < -0.3 is 15.4 Å². The molecule has 0 aliphatic heterocycles. The number of fused-ring (bicyclic) bond motifs is 1. The van der Waals surface area contributed by atoms with Crippen molar-refractivity contribution < 1.29 is 13.5 Å². The van der Waals surface area contributed by atoms with Gasteiger partial charge in [-0.15, -0.1) is 11.3 Å². The van der Waals surface area contributed by atoms with Crippen LogP contribution in [0.3, 0.4) is 0 Å². The number of rotatable bonds is 7. The summed E-state index contributed by atoms with van der Waals surface area (Å²) in [6.07, 6.45) is 6.04. The van der Waals surface area contributed by atoms with Gasteiger partial charge in [0, 0.05) is 41.4 Å². The summed E-state index contributed by atoms with van der Waals surface area (Å²) in [6, 6.07) is 6.38. The van der Waals surface area contributed by atoms with Crippen LogP contribution in [0.15, 0.2) is 47.2 Å². The fourth-order valence-electron chi connectivity index (χ4n) is 3.77. The van der Waals surface area contributed by atoms with Crippen LogP contribution in [0.25, 0.3) is 21.6 Å². The van der Waals surface area contributed by atoms with E-state index in [-0.39, 0.29) is 29.3 Å². The van der Waals surface area contributed by atoms with E-state index in [0.29, 0.717) is 18.5 Å². The first kappa shape index (κ1) is 21.5. The van der Waals surface area contributed by atoms with E-state index in [4.69, 9.17) is 5.26 Å². The third kappa shape index (κ3) is 4.19. The Balaban J connectivity index is 1.32. The van der Waals surface area contributed by atoms with Crippen LogP contribution >= 0.6 is 11.3 Å². The van der Waals surface area contributed by atoms with Gasteiger partial charge in [0.15, 0.2) is 5.03 Å². The van der Waals surface area contributed by atoms with Crippen molar-refractivity contribution in [3.63, 3.8) is 0 Å². The lowest BCUT2D eigenvalue weighted by atomic mass is 9.87. The zero-order valence-electron chi connectivity index (χ0n) is 17.2. The number of aromatic amines is 1. The van der Waals surface area contributed by atoms with E-state index in [1.54, 1.807) is 6.20 Å². The maximum atomic E-state index is 12.6. The van der Waals surface area contributed by atoms with Crippen molar-refractivity contribution in [2.24, 2.45) is 0 Å². The highest BCUT2D eigenvalue weighted by molar-refractivity contribution is 7.89. The lowest BCUT2D eigenvalue weighted by Gasteiger charge is -2.37. The number of thiazole rings is 1. The molecule has 33 heavy (non-hydrogen) atoms. The lowest BCUT2D eigenvalue weighted by molar-refractivity contribution is 0.278. The quantitative estimate of drug-likeness (QED) is 0.313. The molecular weight excluding hydrogens is 462 g/mol. The summed E-state index contributed by atoms with van der Waals surface area (Å²) < 4.78 is 27.9. The molecule has 0 radical (unpaired) electrons. The molecule has 0 bridgehead atoms. The van der Waals surface area contributed by atoms with E-state index in [0.717, 1.165) is 27.3 Å². The summed E-state index contributed by atoms with van der Waals surface area (Å²) in [6.45, 7) is -0.129. The molecule has 0 saturated heterocycles. The summed E-state index contributed by atoms with van der Waals surface area (Å²) in [5, 5.41) is 25.2. The SMILES string of the molecule is N#Cc1ccnc(S(=O)(=O)N[C@H]2C[C@@H](Nc3c(-c4nc(CO)cs4)cnc4[nH]ccc34)C2)c1. The highest BCUT2D eigenvalue weighted by Gasteiger charge is 2.34. The van der Waals surface area contributed by atoms with Gasteiger partial charge in [-0.3, -0.25) is 0 Å². The van der Waals surface area contributed by atoms with Crippen LogP contribution in [0.5, 0.6) is 0 Å². The van der Waals surface area contributed by atoms with Crippen LogP contribution in [0.4, 0.5) is 5.69 Å². The van der Waals surface area contributed by atoms with Crippen molar-refractivity contribution in [3.8, 4) is 16.6 Å². The number of aliphatic hydroxyl groups is 1. The number of nitriles is 1. The van der Waals surface area contributed by atoms with Gasteiger partial charge in [0.25, 0.3) is 10.0 Å². The number of aliphatic hydroxyl groups excluding tert-OH is 1. The number of anilines is 1. The minimum absolute atomic E-state index is 0.0487. The number of hydrogen-bond donors (Lipinski definition) is 4. The molecule has 1 aliphatic rings. The molecular formula is C21H19N7O3S2. The molecule has 168 valence electrons. The Hall–Kier alpha value is -3.37. The molecule has 0 aromatic carbocycles. The molecule has 10 nitrogen and oxygen atoms in total. The van der Waals surface area contributed by atoms with Crippen LogP contribution in [-0.2, 0) is 16.6 Å². The summed E-state index contributed by atoms with van der Waals surface area (Å²) in [4.78, 5) is 15.9. The van der Waals surface area contributed by atoms with Gasteiger partial charge in [0.1, 0.15) is 10.7 Å². The van der Waals surface area contributed by atoms with Gasteiger partial charge in [-0.05, 0) is 31.0 Å². The van der Waals surface area contributed by atoms with E-state index in [1.165, 1.54) is 29.7 Å². The van der Waals surface area contributed by atoms with Gasteiger partial charge >= 0.3 is 0 Å². The van der Waals surface area contributed by atoms with Crippen molar-refractivity contribution in [1.29, 1.82) is 5.26 Å². The Kier molecular flexibility index (Phi) is 5.55. The second-order valence-corrected chi connectivity index (χ2v) is 10.2. The number of nitrogens with zero attached hydrogens (tertiary/aromatic N) is 4. The molecule has 4 N–H and O–H groups in total.